The van der Waals surface area contributed by atoms with Crippen molar-refractivity contribution in [3.8, 4) is 11.8 Å². The summed E-state index contributed by atoms with van der Waals surface area (Å²) >= 11 is 13.1. The Kier molecular flexibility index (Phi) is 5.73. The van der Waals surface area contributed by atoms with Crippen LogP contribution in [0.5, 0.6) is 0 Å². The predicted molar refractivity (Wildman–Crippen MR) is 99.7 cm³/mol. The molecule has 3 aromatic rings. The van der Waals surface area contributed by atoms with Gasteiger partial charge in [-0.1, -0.05) is 41.0 Å². The highest BCUT2D eigenvalue weighted by Gasteiger charge is 2.12. The van der Waals surface area contributed by atoms with Crippen molar-refractivity contribution >= 4 is 46.6 Å². The molecule has 3 rings (SSSR count). The lowest BCUT2D eigenvalue weighted by Gasteiger charge is -2.07. The number of carbonyl (C=O) groups excluding carboxylic acids is 1. The molecule has 7 nitrogen and oxygen atoms in total. The number of thioether (sulfide) groups is 1. The van der Waals surface area contributed by atoms with E-state index < -0.39 is 0 Å². The molecule has 26 heavy (non-hydrogen) atoms. The number of tetrazole rings is 1. The first-order chi connectivity index (χ1) is 12.6. The zero-order chi connectivity index (χ0) is 18.5. The number of benzene rings is 2. The molecule has 1 aromatic heterocycles. The van der Waals surface area contributed by atoms with E-state index in [0.717, 1.165) is 0 Å². The van der Waals surface area contributed by atoms with Gasteiger partial charge in [0.05, 0.1) is 22.0 Å². The van der Waals surface area contributed by atoms with Crippen LogP contribution in [0.4, 0.5) is 5.69 Å². The highest BCUT2D eigenvalue weighted by atomic mass is 35.5. The van der Waals surface area contributed by atoms with Crippen LogP contribution in [0.15, 0.2) is 47.6 Å². The number of aromatic nitrogens is 4. The summed E-state index contributed by atoms with van der Waals surface area (Å²) < 4.78 is 1.50. The average molecular weight is 405 g/mol. The van der Waals surface area contributed by atoms with Crippen molar-refractivity contribution in [2.75, 3.05) is 11.1 Å². The molecule has 1 N–H and O–H groups in total. The quantitative estimate of drug-likeness (QED) is 0.652. The van der Waals surface area contributed by atoms with Gasteiger partial charge in [0.1, 0.15) is 6.07 Å². The molecule has 0 radical (unpaired) electrons. The molecule has 1 heterocycles. The zero-order valence-corrected chi connectivity index (χ0v) is 15.4. The Balaban J connectivity index is 1.65. The molecule has 0 aliphatic rings. The van der Waals surface area contributed by atoms with Gasteiger partial charge in [-0.05, 0) is 46.8 Å². The van der Waals surface area contributed by atoms with E-state index in [1.54, 1.807) is 30.3 Å². The summed E-state index contributed by atoms with van der Waals surface area (Å²) in [5.74, 6) is -0.158. The lowest BCUT2D eigenvalue weighted by molar-refractivity contribution is -0.113. The van der Waals surface area contributed by atoms with Gasteiger partial charge in [0.2, 0.25) is 11.1 Å². The minimum atomic E-state index is -0.253. The number of nitriles is 1. The fourth-order valence-electron chi connectivity index (χ4n) is 2.05. The molecule has 0 spiro atoms. The highest BCUT2D eigenvalue weighted by Crippen LogP contribution is 2.22. The molecule has 0 atom stereocenters. The van der Waals surface area contributed by atoms with Crippen LogP contribution in [-0.4, -0.2) is 31.9 Å². The normalized spacial score (nSPS) is 10.3. The van der Waals surface area contributed by atoms with Crippen molar-refractivity contribution in [3.05, 3.63) is 58.1 Å². The molecule has 1 amide bonds. The molecule has 0 aliphatic carbocycles. The van der Waals surface area contributed by atoms with Crippen molar-refractivity contribution < 1.29 is 4.79 Å². The average Bonchev–Trinajstić information content (AvgIpc) is 3.09. The number of nitrogens with one attached hydrogen (secondary N) is 1. The van der Waals surface area contributed by atoms with Gasteiger partial charge in [-0.3, -0.25) is 4.79 Å². The molecule has 10 heteroatoms. The molecule has 0 saturated heterocycles. The Bertz CT molecular complexity index is 1000. The van der Waals surface area contributed by atoms with E-state index in [4.69, 9.17) is 28.5 Å². The van der Waals surface area contributed by atoms with Crippen LogP contribution >= 0.6 is 35.0 Å². The Labute approximate surface area is 162 Å². The van der Waals surface area contributed by atoms with Crippen LogP contribution < -0.4 is 5.32 Å². The molecule has 2 aromatic carbocycles. The Hall–Kier alpha value is -2.60. The summed E-state index contributed by atoms with van der Waals surface area (Å²) in [6, 6.07) is 13.7. The van der Waals surface area contributed by atoms with Crippen molar-refractivity contribution in [1.29, 1.82) is 5.26 Å². The summed E-state index contributed by atoms with van der Waals surface area (Å²) in [4.78, 5) is 12.1. The van der Waals surface area contributed by atoms with Crippen molar-refractivity contribution in [2.24, 2.45) is 0 Å². The lowest BCUT2D eigenvalue weighted by atomic mass is 10.2. The lowest BCUT2D eigenvalue weighted by Crippen LogP contribution is -2.14. The minimum absolute atomic E-state index is 0.0958. The monoisotopic (exact) mass is 404 g/mol. The maximum absolute atomic E-state index is 12.1. The number of anilines is 1. The van der Waals surface area contributed by atoms with Crippen LogP contribution in [0.25, 0.3) is 5.69 Å². The van der Waals surface area contributed by atoms with Crippen molar-refractivity contribution in [2.45, 2.75) is 5.16 Å². The number of nitrogens with zero attached hydrogens (tertiary/aromatic N) is 5. The van der Waals surface area contributed by atoms with E-state index in [1.165, 1.54) is 22.5 Å². The number of halogens is 2. The van der Waals surface area contributed by atoms with E-state index in [9.17, 15) is 4.79 Å². The third kappa shape index (κ3) is 4.32. The molecule has 0 saturated carbocycles. The van der Waals surface area contributed by atoms with E-state index >= 15 is 0 Å². The van der Waals surface area contributed by atoms with Crippen LogP contribution in [0.2, 0.25) is 10.0 Å². The minimum Gasteiger partial charge on any atom is -0.325 e. The molecular formula is C16H10Cl2N6OS. The number of amides is 1. The second-order valence-corrected chi connectivity index (χ2v) is 6.78. The van der Waals surface area contributed by atoms with Gasteiger partial charge in [0.25, 0.3) is 0 Å². The first-order valence-electron chi connectivity index (χ1n) is 7.23. The van der Waals surface area contributed by atoms with E-state index in [1.807, 2.05) is 12.1 Å². The van der Waals surface area contributed by atoms with Gasteiger partial charge in [-0.25, -0.2) is 0 Å². The van der Waals surface area contributed by atoms with Crippen LogP contribution in [-0.2, 0) is 4.79 Å². The molecular weight excluding hydrogens is 395 g/mol. The summed E-state index contributed by atoms with van der Waals surface area (Å²) in [6.07, 6.45) is 0. The van der Waals surface area contributed by atoms with Crippen LogP contribution in [0, 0.1) is 11.3 Å². The predicted octanol–water partition coefficient (Wildman–Crippen LogP) is 3.57. The van der Waals surface area contributed by atoms with Gasteiger partial charge >= 0.3 is 0 Å². The van der Waals surface area contributed by atoms with Gasteiger partial charge in [-0.2, -0.15) is 9.94 Å². The van der Waals surface area contributed by atoms with Gasteiger partial charge in [-0.15, -0.1) is 5.10 Å². The fourth-order valence-corrected chi connectivity index (χ4v) is 3.15. The first kappa shape index (κ1) is 18.2. The zero-order valence-electron chi connectivity index (χ0n) is 13.1. The second-order valence-electron chi connectivity index (χ2n) is 5.00. The van der Waals surface area contributed by atoms with Crippen LogP contribution in [0.3, 0.4) is 0 Å². The first-order valence-corrected chi connectivity index (χ1v) is 8.97. The largest absolute Gasteiger partial charge is 0.325 e. The molecule has 130 valence electrons. The number of hydrogen-bond acceptors (Lipinski definition) is 6. The van der Waals surface area contributed by atoms with Gasteiger partial charge in [0, 0.05) is 10.7 Å². The molecule has 0 fully saturated rings. The summed E-state index contributed by atoms with van der Waals surface area (Å²) in [5.41, 5.74) is 1.55. The molecule has 0 unspecified atom stereocenters. The number of hydrogen-bond donors (Lipinski definition) is 1. The molecule has 0 aliphatic heterocycles. The van der Waals surface area contributed by atoms with E-state index in [-0.39, 0.29) is 16.7 Å². The maximum atomic E-state index is 12.1. The highest BCUT2D eigenvalue weighted by molar-refractivity contribution is 7.99. The van der Waals surface area contributed by atoms with Crippen molar-refractivity contribution in [3.63, 3.8) is 0 Å². The third-order valence-corrected chi connectivity index (χ3v) is 4.67. The Morgan fingerprint density at radius 3 is 2.85 bits per heavy atom. The summed E-state index contributed by atoms with van der Waals surface area (Å²) in [6.45, 7) is 0. The topological polar surface area (TPSA) is 96.5 Å². The SMILES string of the molecule is N#Cc1ccc(NC(=O)CSc2nnnn2-c2cccc(Cl)c2)cc1Cl. The molecule has 0 bridgehead atoms. The Morgan fingerprint density at radius 1 is 1.27 bits per heavy atom. The van der Waals surface area contributed by atoms with Gasteiger partial charge in [0.15, 0.2) is 0 Å². The van der Waals surface area contributed by atoms with Crippen LogP contribution in [0.1, 0.15) is 5.56 Å². The number of carbonyl (C=O) groups is 1. The summed E-state index contributed by atoms with van der Waals surface area (Å²) in [5, 5.41) is 24.4. The standard InChI is InChI=1S/C16H10Cl2N6OS/c17-11-2-1-3-13(6-11)24-16(21-22-23-24)26-9-15(25)20-12-5-4-10(8-19)14(18)7-12/h1-7H,9H2,(H,20,25). The Morgan fingerprint density at radius 2 is 2.12 bits per heavy atom. The third-order valence-electron chi connectivity index (χ3n) is 3.20. The smallest absolute Gasteiger partial charge is 0.234 e. The van der Waals surface area contributed by atoms with E-state index in [2.05, 4.69) is 20.8 Å². The second kappa shape index (κ2) is 8.19. The van der Waals surface area contributed by atoms with E-state index in [0.29, 0.717) is 27.1 Å². The fraction of sp³-hybridized carbons (Fsp3) is 0.0625. The summed E-state index contributed by atoms with van der Waals surface area (Å²) in [7, 11) is 0. The number of rotatable bonds is 5. The maximum Gasteiger partial charge on any atom is 0.234 e. The van der Waals surface area contributed by atoms with Crippen molar-refractivity contribution in [1.82, 2.24) is 20.2 Å². The van der Waals surface area contributed by atoms with Gasteiger partial charge < -0.3 is 5.32 Å².